The summed E-state index contributed by atoms with van der Waals surface area (Å²) in [6, 6.07) is 6.69. The monoisotopic (exact) mass is 144 g/mol. The zero-order valence-electron chi connectivity index (χ0n) is 6.80. The summed E-state index contributed by atoms with van der Waals surface area (Å²) >= 11 is 0. The van der Waals surface area contributed by atoms with E-state index in [2.05, 4.69) is 37.3 Å². The summed E-state index contributed by atoms with van der Waals surface area (Å²) in [4.78, 5) is 0. The van der Waals surface area contributed by atoms with Crippen molar-refractivity contribution in [1.82, 2.24) is 0 Å². The van der Waals surface area contributed by atoms with Crippen molar-refractivity contribution in [3.8, 4) is 0 Å². The van der Waals surface area contributed by atoms with Crippen LogP contribution in [0.25, 0.3) is 6.08 Å². The molecule has 0 unspecified atom stereocenters. The largest absolute Gasteiger partial charge is 0.0836 e. The molecule has 0 atom stereocenters. The van der Waals surface area contributed by atoms with Crippen LogP contribution in [0.2, 0.25) is 0 Å². The van der Waals surface area contributed by atoms with Crippen LogP contribution in [0, 0.1) is 6.92 Å². The second-order valence-corrected chi connectivity index (χ2v) is 3.14. The third-order valence-corrected chi connectivity index (χ3v) is 2.18. The molecule has 56 valence electrons. The molecule has 0 amide bonds. The molecule has 0 spiro atoms. The average molecular weight is 144 g/mol. The molecule has 2 rings (SSSR count). The maximum absolute atomic E-state index is 2.25. The lowest BCUT2D eigenvalue weighted by atomic mass is 9.96. The van der Waals surface area contributed by atoms with Crippen LogP contribution in [0.4, 0.5) is 0 Å². The predicted octanol–water partition coefficient (Wildman–Crippen LogP) is 2.95. The van der Waals surface area contributed by atoms with E-state index >= 15 is 0 Å². The third-order valence-electron chi connectivity index (χ3n) is 2.18. The van der Waals surface area contributed by atoms with Gasteiger partial charge in [-0.2, -0.15) is 0 Å². The van der Waals surface area contributed by atoms with E-state index < -0.39 is 0 Å². The molecule has 1 aromatic carbocycles. The van der Waals surface area contributed by atoms with E-state index in [0.717, 1.165) is 0 Å². The molecule has 0 radical (unpaired) electrons. The Labute approximate surface area is 67.6 Å². The number of hydrogen-bond donors (Lipinski definition) is 0. The first-order chi connectivity index (χ1) is 5.36. The molecule has 0 aromatic heterocycles. The van der Waals surface area contributed by atoms with E-state index in [0.29, 0.717) is 0 Å². The summed E-state index contributed by atoms with van der Waals surface area (Å²) in [5.41, 5.74) is 4.27. The summed E-state index contributed by atoms with van der Waals surface area (Å²) in [7, 11) is 0. The van der Waals surface area contributed by atoms with Crippen molar-refractivity contribution in [3.05, 3.63) is 41.0 Å². The molecular formula is C11H12. The Morgan fingerprint density at radius 3 is 3.09 bits per heavy atom. The van der Waals surface area contributed by atoms with Crippen molar-refractivity contribution in [2.45, 2.75) is 19.8 Å². The normalized spacial score (nSPS) is 14.6. The fourth-order valence-electron chi connectivity index (χ4n) is 1.55. The van der Waals surface area contributed by atoms with Gasteiger partial charge in [-0.1, -0.05) is 35.9 Å². The SMILES string of the molecule is Cc1ccc2c(c1)C=CCC2. The van der Waals surface area contributed by atoms with Crippen LogP contribution in [0.3, 0.4) is 0 Å². The quantitative estimate of drug-likeness (QED) is 0.525. The number of benzene rings is 1. The van der Waals surface area contributed by atoms with E-state index in [4.69, 9.17) is 0 Å². The Kier molecular flexibility index (Phi) is 1.54. The first kappa shape index (κ1) is 6.66. The molecule has 1 aliphatic carbocycles. The summed E-state index contributed by atoms with van der Waals surface area (Å²) in [6.07, 6.45) is 6.90. The highest BCUT2D eigenvalue weighted by Gasteiger charge is 2.02. The first-order valence-electron chi connectivity index (χ1n) is 4.12. The molecule has 0 fully saturated rings. The van der Waals surface area contributed by atoms with E-state index in [1.165, 1.54) is 29.5 Å². The van der Waals surface area contributed by atoms with Crippen LogP contribution in [0.5, 0.6) is 0 Å². The van der Waals surface area contributed by atoms with Crippen LogP contribution in [-0.4, -0.2) is 0 Å². The Morgan fingerprint density at radius 1 is 1.27 bits per heavy atom. The molecule has 1 aromatic rings. The lowest BCUT2D eigenvalue weighted by Crippen LogP contribution is -1.93. The minimum Gasteiger partial charge on any atom is -0.0836 e. The highest BCUT2D eigenvalue weighted by molar-refractivity contribution is 5.57. The van der Waals surface area contributed by atoms with Gasteiger partial charge in [-0.15, -0.1) is 0 Å². The van der Waals surface area contributed by atoms with E-state index in [-0.39, 0.29) is 0 Å². The Morgan fingerprint density at radius 2 is 2.18 bits per heavy atom. The molecule has 1 aliphatic rings. The van der Waals surface area contributed by atoms with Gasteiger partial charge in [0.25, 0.3) is 0 Å². The van der Waals surface area contributed by atoms with Crippen molar-refractivity contribution in [3.63, 3.8) is 0 Å². The lowest BCUT2D eigenvalue weighted by molar-refractivity contribution is 0.984. The van der Waals surface area contributed by atoms with Crippen molar-refractivity contribution in [2.24, 2.45) is 0 Å². The van der Waals surface area contributed by atoms with Crippen LogP contribution in [-0.2, 0) is 6.42 Å². The second-order valence-electron chi connectivity index (χ2n) is 3.14. The molecule has 0 saturated heterocycles. The number of hydrogen-bond acceptors (Lipinski definition) is 0. The topological polar surface area (TPSA) is 0 Å². The Hall–Kier alpha value is -1.04. The van der Waals surface area contributed by atoms with Gasteiger partial charge in [0.15, 0.2) is 0 Å². The number of fused-ring (bicyclic) bond motifs is 1. The standard InChI is InChI=1S/C11H12/c1-9-6-7-10-4-2-3-5-11(10)8-9/h3,5-8H,2,4H2,1H3. The van der Waals surface area contributed by atoms with Gasteiger partial charge in [-0.05, 0) is 30.9 Å². The van der Waals surface area contributed by atoms with Gasteiger partial charge in [-0.3, -0.25) is 0 Å². The predicted molar refractivity (Wildman–Crippen MR) is 48.5 cm³/mol. The number of allylic oxidation sites excluding steroid dienone is 1. The van der Waals surface area contributed by atoms with Crippen LogP contribution in [0.15, 0.2) is 24.3 Å². The van der Waals surface area contributed by atoms with Gasteiger partial charge in [-0.25, -0.2) is 0 Å². The molecule has 0 N–H and O–H groups in total. The summed E-state index contributed by atoms with van der Waals surface area (Å²) < 4.78 is 0. The van der Waals surface area contributed by atoms with Gasteiger partial charge < -0.3 is 0 Å². The van der Waals surface area contributed by atoms with Crippen LogP contribution in [0.1, 0.15) is 23.1 Å². The van der Waals surface area contributed by atoms with Gasteiger partial charge in [0.2, 0.25) is 0 Å². The van der Waals surface area contributed by atoms with Gasteiger partial charge in [0.1, 0.15) is 0 Å². The van der Waals surface area contributed by atoms with Crippen LogP contribution >= 0.6 is 0 Å². The summed E-state index contributed by atoms with van der Waals surface area (Å²) in [5, 5.41) is 0. The number of aryl methyl sites for hydroxylation is 2. The maximum Gasteiger partial charge on any atom is -0.0225 e. The molecule has 0 saturated carbocycles. The maximum atomic E-state index is 2.25. The lowest BCUT2D eigenvalue weighted by Gasteiger charge is -2.09. The summed E-state index contributed by atoms with van der Waals surface area (Å²) in [5.74, 6) is 0. The minimum absolute atomic E-state index is 1.20. The van der Waals surface area contributed by atoms with Crippen molar-refractivity contribution < 1.29 is 0 Å². The Bertz CT molecular complexity index is 295. The average Bonchev–Trinajstić information content (AvgIpc) is 2.04. The zero-order valence-corrected chi connectivity index (χ0v) is 6.80. The van der Waals surface area contributed by atoms with Gasteiger partial charge in [0.05, 0.1) is 0 Å². The highest BCUT2D eigenvalue weighted by atomic mass is 14.1. The third kappa shape index (κ3) is 1.21. The van der Waals surface area contributed by atoms with E-state index in [1.807, 2.05) is 0 Å². The molecule has 0 nitrogen and oxygen atoms in total. The molecule has 0 bridgehead atoms. The second kappa shape index (κ2) is 2.54. The molecule has 0 heteroatoms. The van der Waals surface area contributed by atoms with Crippen molar-refractivity contribution >= 4 is 6.08 Å². The van der Waals surface area contributed by atoms with Gasteiger partial charge in [0, 0.05) is 0 Å². The van der Waals surface area contributed by atoms with Crippen molar-refractivity contribution in [2.75, 3.05) is 0 Å². The molecular weight excluding hydrogens is 132 g/mol. The van der Waals surface area contributed by atoms with Gasteiger partial charge >= 0.3 is 0 Å². The highest BCUT2D eigenvalue weighted by Crippen LogP contribution is 2.19. The summed E-state index contributed by atoms with van der Waals surface area (Å²) in [6.45, 7) is 2.14. The fraction of sp³-hybridized carbons (Fsp3) is 0.273. The van der Waals surface area contributed by atoms with E-state index in [1.54, 1.807) is 0 Å². The van der Waals surface area contributed by atoms with Crippen LogP contribution < -0.4 is 0 Å². The van der Waals surface area contributed by atoms with Crippen molar-refractivity contribution in [1.29, 1.82) is 0 Å². The number of rotatable bonds is 0. The fourth-order valence-corrected chi connectivity index (χ4v) is 1.55. The first-order valence-corrected chi connectivity index (χ1v) is 4.12. The molecule has 11 heavy (non-hydrogen) atoms. The molecule has 0 heterocycles. The minimum atomic E-state index is 1.20. The zero-order chi connectivity index (χ0) is 7.68. The molecule has 0 aliphatic heterocycles. The van der Waals surface area contributed by atoms with E-state index in [9.17, 15) is 0 Å². The Balaban J connectivity index is 2.54. The smallest absolute Gasteiger partial charge is 0.0225 e.